The number of benzene rings is 2. The Morgan fingerprint density at radius 2 is 1.65 bits per heavy atom. The molecule has 0 heterocycles. The standard InChI is InChI=1S/C21H26N2O2.ClH/c24-21(14-22-12-17-10-11-17)23-13-19-8-4-5-9-20(19)16-25-15-18-6-2-1-3-7-18;/h1-9,17,22H,10-16H2,(H,23,24);1H. The highest BCUT2D eigenvalue weighted by molar-refractivity contribution is 5.85. The molecule has 1 aliphatic carbocycles. The molecule has 26 heavy (non-hydrogen) atoms. The fraction of sp³-hybridized carbons (Fsp3) is 0.381. The molecule has 4 nitrogen and oxygen atoms in total. The van der Waals surface area contributed by atoms with Crippen molar-refractivity contribution >= 4 is 18.3 Å². The van der Waals surface area contributed by atoms with Gasteiger partial charge in [0.15, 0.2) is 0 Å². The van der Waals surface area contributed by atoms with E-state index in [0.717, 1.165) is 29.2 Å². The molecule has 3 rings (SSSR count). The SMILES string of the molecule is Cl.O=C(CNCC1CC1)NCc1ccccc1COCc1ccccc1. The van der Waals surface area contributed by atoms with Gasteiger partial charge in [0.1, 0.15) is 0 Å². The second-order valence-electron chi connectivity index (χ2n) is 6.60. The highest BCUT2D eigenvalue weighted by Gasteiger charge is 2.20. The van der Waals surface area contributed by atoms with Crippen LogP contribution in [0, 0.1) is 5.92 Å². The zero-order valence-electron chi connectivity index (χ0n) is 14.9. The number of hydrogen-bond acceptors (Lipinski definition) is 3. The predicted molar refractivity (Wildman–Crippen MR) is 106 cm³/mol. The Hall–Kier alpha value is -1.88. The van der Waals surface area contributed by atoms with E-state index in [1.165, 1.54) is 12.8 Å². The maximum Gasteiger partial charge on any atom is 0.234 e. The number of amides is 1. The van der Waals surface area contributed by atoms with Gasteiger partial charge in [-0.05, 0) is 42.0 Å². The third-order valence-electron chi connectivity index (χ3n) is 4.38. The number of ether oxygens (including phenoxy) is 1. The van der Waals surface area contributed by atoms with Crippen molar-refractivity contribution in [2.75, 3.05) is 13.1 Å². The van der Waals surface area contributed by atoms with Crippen LogP contribution in [0.4, 0.5) is 0 Å². The van der Waals surface area contributed by atoms with Gasteiger partial charge >= 0.3 is 0 Å². The van der Waals surface area contributed by atoms with E-state index in [2.05, 4.69) is 28.8 Å². The van der Waals surface area contributed by atoms with Crippen molar-refractivity contribution in [2.45, 2.75) is 32.6 Å². The van der Waals surface area contributed by atoms with Crippen LogP contribution in [0.3, 0.4) is 0 Å². The number of nitrogens with one attached hydrogen (secondary N) is 2. The molecule has 2 N–H and O–H groups in total. The minimum absolute atomic E-state index is 0. The molecule has 5 heteroatoms. The van der Waals surface area contributed by atoms with Gasteiger partial charge in [-0.1, -0.05) is 54.6 Å². The lowest BCUT2D eigenvalue weighted by Crippen LogP contribution is -2.34. The van der Waals surface area contributed by atoms with E-state index >= 15 is 0 Å². The number of carbonyl (C=O) groups is 1. The third-order valence-corrected chi connectivity index (χ3v) is 4.38. The van der Waals surface area contributed by atoms with E-state index in [4.69, 9.17) is 4.74 Å². The van der Waals surface area contributed by atoms with E-state index in [1.807, 2.05) is 36.4 Å². The van der Waals surface area contributed by atoms with Crippen molar-refractivity contribution < 1.29 is 9.53 Å². The highest BCUT2D eigenvalue weighted by Crippen LogP contribution is 2.27. The van der Waals surface area contributed by atoms with Gasteiger partial charge in [-0.25, -0.2) is 0 Å². The molecule has 1 saturated carbocycles. The van der Waals surface area contributed by atoms with Crippen molar-refractivity contribution in [2.24, 2.45) is 5.92 Å². The van der Waals surface area contributed by atoms with Crippen LogP contribution in [0.1, 0.15) is 29.5 Å². The summed E-state index contributed by atoms with van der Waals surface area (Å²) in [5, 5.41) is 6.20. The topological polar surface area (TPSA) is 50.4 Å². The number of rotatable bonds is 10. The number of halogens is 1. The average molecular weight is 375 g/mol. The van der Waals surface area contributed by atoms with Crippen LogP contribution in [0.2, 0.25) is 0 Å². The third kappa shape index (κ3) is 7.16. The zero-order valence-corrected chi connectivity index (χ0v) is 15.8. The van der Waals surface area contributed by atoms with Gasteiger partial charge in [-0.15, -0.1) is 12.4 Å². The summed E-state index contributed by atoms with van der Waals surface area (Å²) >= 11 is 0. The highest BCUT2D eigenvalue weighted by atomic mass is 35.5. The van der Waals surface area contributed by atoms with Crippen LogP contribution < -0.4 is 10.6 Å². The smallest absolute Gasteiger partial charge is 0.234 e. The molecule has 1 amide bonds. The van der Waals surface area contributed by atoms with Crippen LogP contribution in [-0.4, -0.2) is 19.0 Å². The zero-order chi connectivity index (χ0) is 17.3. The lowest BCUT2D eigenvalue weighted by Gasteiger charge is -2.12. The average Bonchev–Trinajstić information content (AvgIpc) is 3.46. The molecule has 0 atom stereocenters. The van der Waals surface area contributed by atoms with Crippen molar-refractivity contribution in [1.82, 2.24) is 10.6 Å². The first-order valence-electron chi connectivity index (χ1n) is 8.97. The van der Waals surface area contributed by atoms with Crippen molar-refractivity contribution in [3.05, 3.63) is 71.3 Å². The Labute approximate surface area is 161 Å². The second kappa shape index (κ2) is 11.0. The van der Waals surface area contributed by atoms with E-state index in [9.17, 15) is 4.79 Å². The van der Waals surface area contributed by atoms with Gasteiger partial charge in [0.25, 0.3) is 0 Å². The molecule has 0 aliphatic heterocycles. The number of carbonyl (C=O) groups excluding carboxylic acids is 1. The van der Waals surface area contributed by atoms with Gasteiger partial charge < -0.3 is 15.4 Å². The molecule has 0 spiro atoms. The van der Waals surface area contributed by atoms with Gasteiger partial charge in [-0.2, -0.15) is 0 Å². The van der Waals surface area contributed by atoms with Gasteiger partial charge in [-0.3, -0.25) is 4.79 Å². The Bertz CT molecular complexity index is 675. The van der Waals surface area contributed by atoms with Crippen LogP contribution in [0.5, 0.6) is 0 Å². The molecule has 0 unspecified atom stereocenters. The lowest BCUT2D eigenvalue weighted by molar-refractivity contribution is -0.120. The molecule has 2 aromatic carbocycles. The van der Waals surface area contributed by atoms with E-state index in [1.54, 1.807) is 0 Å². The minimum atomic E-state index is 0. The summed E-state index contributed by atoms with van der Waals surface area (Å²) in [4.78, 5) is 11.9. The predicted octanol–water partition coefficient (Wildman–Crippen LogP) is 3.44. The molecule has 0 radical (unpaired) electrons. The molecule has 0 saturated heterocycles. The molecule has 1 aliphatic rings. The number of hydrogen-bond donors (Lipinski definition) is 2. The first-order chi connectivity index (χ1) is 12.3. The molecular weight excluding hydrogens is 348 g/mol. The summed E-state index contributed by atoms with van der Waals surface area (Å²) in [6.45, 7) is 3.02. The van der Waals surface area contributed by atoms with Crippen LogP contribution in [0.15, 0.2) is 54.6 Å². The largest absolute Gasteiger partial charge is 0.372 e. The summed E-state index contributed by atoms with van der Waals surface area (Å²) in [6, 6.07) is 18.2. The van der Waals surface area contributed by atoms with E-state index in [0.29, 0.717) is 26.3 Å². The normalized spacial score (nSPS) is 13.1. The molecular formula is C21H27ClN2O2. The van der Waals surface area contributed by atoms with Gasteiger partial charge in [0, 0.05) is 6.54 Å². The molecule has 0 bridgehead atoms. The van der Waals surface area contributed by atoms with Crippen molar-refractivity contribution in [3.63, 3.8) is 0 Å². The fourth-order valence-electron chi connectivity index (χ4n) is 2.69. The summed E-state index contributed by atoms with van der Waals surface area (Å²) in [7, 11) is 0. The first-order valence-corrected chi connectivity index (χ1v) is 8.97. The quantitative estimate of drug-likeness (QED) is 0.669. The van der Waals surface area contributed by atoms with E-state index in [-0.39, 0.29) is 18.3 Å². The Morgan fingerprint density at radius 1 is 0.962 bits per heavy atom. The van der Waals surface area contributed by atoms with Gasteiger partial charge in [0.2, 0.25) is 5.91 Å². The van der Waals surface area contributed by atoms with Crippen LogP contribution >= 0.6 is 12.4 Å². The lowest BCUT2D eigenvalue weighted by atomic mass is 10.1. The summed E-state index contributed by atoms with van der Waals surface area (Å²) in [6.07, 6.45) is 2.59. The summed E-state index contributed by atoms with van der Waals surface area (Å²) in [5.41, 5.74) is 3.38. The van der Waals surface area contributed by atoms with Gasteiger partial charge in [0.05, 0.1) is 19.8 Å². The minimum Gasteiger partial charge on any atom is -0.372 e. The monoisotopic (exact) mass is 374 g/mol. The Morgan fingerprint density at radius 3 is 2.38 bits per heavy atom. The van der Waals surface area contributed by atoms with Crippen LogP contribution in [-0.2, 0) is 29.3 Å². The second-order valence-corrected chi connectivity index (χ2v) is 6.60. The summed E-state index contributed by atoms with van der Waals surface area (Å²) in [5.74, 6) is 0.830. The maximum absolute atomic E-state index is 11.9. The molecule has 0 aromatic heterocycles. The van der Waals surface area contributed by atoms with Crippen molar-refractivity contribution in [3.8, 4) is 0 Å². The molecule has 1 fully saturated rings. The summed E-state index contributed by atoms with van der Waals surface area (Å²) < 4.78 is 5.83. The molecule has 140 valence electrons. The van der Waals surface area contributed by atoms with Crippen LogP contribution in [0.25, 0.3) is 0 Å². The van der Waals surface area contributed by atoms with Crippen molar-refractivity contribution in [1.29, 1.82) is 0 Å². The maximum atomic E-state index is 11.9. The first kappa shape index (κ1) is 20.4. The molecule has 2 aromatic rings. The Kier molecular flexibility index (Phi) is 8.62. The Balaban J connectivity index is 0.00000243. The van der Waals surface area contributed by atoms with E-state index < -0.39 is 0 Å². The fourth-order valence-corrected chi connectivity index (χ4v) is 2.69.